The molecular weight excluding hydrogens is 185 g/mol. The fourth-order valence-electron chi connectivity index (χ4n) is 0.910. The fourth-order valence-corrected chi connectivity index (χ4v) is 0.910. The van der Waals surface area contributed by atoms with Crippen molar-refractivity contribution in [2.45, 2.75) is 38.9 Å². The van der Waals surface area contributed by atoms with Crippen LogP contribution in [-0.4, -0.2) is 26.8 Å². The maximum absolute atomic E-state index is 13.3. The molecule has 1 heterocycles. The molecule has 0 aliphatic carbocycles. The molecule has 0 fully saturated rings. The van der Waals surface area contributed by atoms with Gasteiger partial charge in [0.25, 0.3) is 0 Å². The lowest BCUT2D eigenvalue weighted by Gasteiger charge is -2.15. The summed E-state index contributed by atoms with van der Waals surface area (Å²) in [6, 6.07) is 0. The molecule has 0 aliphatic heterocycles. The van der Waals surface area contributed by atoms with E-state index < -0.39 is 6.17 Å². The number of aromatic nitrogens is 4. The van der Waals surface area contributed by atoms with Gasteiger partial charge >= 0.3 is 0 Å². The molecule has 5 nitrogen and oxygen atoms in total. The van der Waals surface area contributed by atoms with E-state index in [0.717, 1.165) is 0 Å². The fraction of sp³-hybridized carbons (Fsp3) is 0.875. The Morgan fingerprint density at radius 3 is 2.57 bits per heavy atom. The van der Waals surface area contributed by atoms with Crippen molar-refractivity contribution >= 4 is 0 Å². The zero-order valence-electron chi connectivity index (χ0n) is 8.74. The third-order valence-corrected chi connectivity index (χ3v) is 1.73. The van der Waals surface area contributed by atoms with Crippen molar-refractivity contribution in [3.05, 3.63) is 5.82 Å². The number of alkyl halides is 1. The molecule has 1 unspecified atom stereocenters. The predicted molar refractivity (Wildman–Crippen MR) is 50.3 cm³/mol. The van der Waals surface area contributed by atoms with Crippen molar-refractivity contribution in [2.24, 2.45) is 5.73 Å². The van der Waals surface area contributed by atoms with E-state index >= 15 is 0 Å². The van der Waals surface area contributed by atoms with Gasteiger partial charge in [0.15, 0.2) is 6.17 Å². The van der Waals surface area contributed by atoms with Gasteiger partial charge in [0, 0.05) is 0 Å². The summed E-state index contributed by atoms with van der Waals surface area (Å²) in [5, 5.41) is 11.4. The van der Waals surface area contributed by atoms with Crippen LogP contribution in [0, 0.1) is 0 Å². The van der Waals surface area contributed by atoms with E-state index in [1.165, 1.54) is 4.80 Å². The molecule has 0 spiro atoms. The van der Waals surface area contributed by atoms with E-state index in [2.05, 4.69) is 15.4 Å². The number of halogens is 1. The van der Waals surface area contributed by atoms with Gasteiger partial charge in [0.05, 0.1) is 5.54 Å². The Bertz CT molecular complexity index is 290. The highest BCUT2D eigenvalue weighted by Crippen LogP contribution is 2.17. The minimum absolute atomic E-state index is 0.116. The molecule has 0 amide bonds. The van der Waals surface area contributed by atoms with Crippen molar-refractivity contribution in [2.75, 3.05) is 6.54 Å². The van der Waals surface area contributed by atoms with Gasteiger partial charge in [-0.25, -0.2) is 4.39 Å². The minimum atomic E-state index is -1.21. The second kappa shape index (κ2) is 4.00. The molecule has 0 saturated heterocycles. The zero-order chi connectivity index (χ0) is 10.8. The summed E-state index contributed by atoms with van der Waals surface area (Å²) in [5.41, 5.74) is 4.97. The molecular formula is C8H16FN5. The van der Waals surface area contributed by atoms with Crippen LogP contribution in [0.3, 0.4) is 0 Å². The Morgan fingerprint density at radius 1 is 1.50 bits per heavy atom. The maximum Gasteiger partial charge on any atom is 0.208 e. The molecule has 0 bridgehead atoms. The number of hydrogen-bond acceptors (Lipinski definition) is 4. The number of rotatable bonds is 3. The van der Waals surface area contributed by atoms with E-state index in [9.17, 15) is 4.39 Å². The summed E-state index contributed by atoms with van der Waals surface area (Å²) < 4.78 is 13.3. The van der Waals surface area contributed by atoms with Gasteiger partial charge in [-0.05, 0) is 39.0 Å². The topological polar surface area (TPSA) is 69.6 Å². The third-order valence-electron chi connectivity index (χ3n) is 1.73. The standard InChI is InChI=1S/C8H16FN5/c1-8(2,3)14-12-7(11-13-14)6(9)4-5-10/h6H,4-5,10H2,1-3H3. The first kappa shape index (κ1) is 11.0. The molecule has 1 aromatic rings. The van der Waals surface area contributed by atoms with Gasteiger partial charge in [-0.2, -0.15) is 4.80 Å². The van der Waals surface area contributed by atoms with Crippen molar-refractivity contribution in [1.82, 2.24) is 20.2 Å². The summed E-state index contributed by atoms with van der Waals surface area (Å²) in [6.07, 6.45) is -0.980. The van der Waals surface area contributed by atoms with E-state index in [-0.39, 0.29) is 24.3 Å². The summed E-state index contributed by atoms with van der Waals surface area (Å²) >= 11 is 0. The predicted octanol–water partition coefficient (Wildman–Crippen LogP) is 0.787. The molecule has 80 valence electrons. The van der Waals surface area contributed by atoms with Crippen LogP contribution in [0.25, 0.3) is 0 Å². The summed E-state index contributed by atoms with van der Waals surface area (Å²) in [4.78, 5) is 1.41. The van der Waals surface area contributed by atoms with Crippen molar-refractivity contribution < 1.29 is 4.39 Å². The average Bonchev–Trinajstić information content (AvgIpc) is 2.51. The van der Waals surface area contributed by atoms with Crippen LogP contribution in [0.15, 0.2) is 0 Å². The normalized spacial score (nSPS) is 14.4. The number of hydrogen-bond donors (Lipinski definition) is 1. The molecule has 0 radical (unpaired) electrons. The first-order valence-electron chi connectivity index (χ1n) is 4.59. The van der Waals surface area contributed by atoms with Gasteiger partial charge < -0.3 is 5.73 Å². The number of tetrazole rings is 1. The highest BCUT2D eigenvalue weighted by molar-refractivity contribution is 4.85. The minimum Gasteiger partial charge on any atom is -0.330 e. The highest BCUT2D eigenvalue weighted by atomic mass is 19.1. The maximum atomic E-state index is 13.3. The Morgan fingerprint density at radius 2 is 2.14 bits per heavy atom. The van der Waals surface area contributed by atoms with Crippen LogP contribution < -0.4 is 5.73 Å². The van der Waals surface area contributed by atoms with E-state index in [0.29, 0.717) is 0 Å². The second-order valence-electron chi connectivity index (χ2n) is 4.15. The van der Waals surface area contributed by atoms with Crippen LogP contribution in [-0.2, 0) is 5.54 Å². The van der Waals surface area contributed by atoms with Crippen molar-refractivity contribution in [3.63, 3.8) is 0 Å². The average molecular weight is 201 g/mol. The molecule has 1 aromatic heterocycles. The zero-order valence-corrected chi connectivity index (χ0v) is 8.74. The molecule has 1 rings (SSSR count). The molecule has 0 aromatic carbocycles. The van der Waals surface area contributed by atoms with E-state index in [1.54, 1.807) is 0 Å². The second-order valence-corrected chi connectivity index (χ2v) is 4.15. The van der Waals surface area contributed by atoms with Crippen LogP contribution >= 0.6 is 0 Å². The van der Waals surface area contributed by atoms with E-state index in [1.807, 2.05) is 20.8 Å². The van der Waals surface area contributed by atoms with Gasteiger partial charge in [-0.1, -0.05) is 0 Å². The van der Waals surface area contributed by atoms with Crippen molar-refractivity contribution in [1.29, 1.82) is 0 Å². The smallest absolute Gasteiger partial charge is 0.208 e. The lowest BCUT2D eigenvalue weighted by molar-refractivity contribution is 0.289. The van der Waals surface area contributed by atoms with Gasteiger partial charge in [0.1, 0.15) is 0 Å². The van der Waals surface area contributed by atoms with Crippen LogP contribution in [0.2, 0.25) is 0 Å². The van der Waals surface area contributed by atoms with Gasteiger partial charge in [0.2, 0.25) is 5.82 Å². The Labute approximate surface area is 82.5 Å². The molecule has 14 heavy (non-hydrogen) atoms. The number of nitrogens with zero attached hydrogens (tertiary/aromatic N) is 4. The summed E-state index contributed by atoms with van der Waals surface area (Å²) in [6.45, 7) is 6.06. The van der Waals surface area contributed by atoms with Crippen LogP contribution in [0.4, 0.5) is 4.39 Å². The highest BCUT2D eigenvalue weighted by Gasteiger charge is 2.20. The Kier molecular flexibility index (Phi) is 3.15. The SMILES string of the molecule is CC(C)(C)n1nnc(C(F)CCN)n1. The lowest BCUT2D eigenvalue weighted by atomic mass is 10.1. The lowest BCUT2D eigenvalue weighted by Crippen LogP contribution is -2.24. The monoisotopic (exact) mass is 201 g/mol. The molecule has 0 aliphatic rings. The van der Waals surface area contributed by atoms with Crippen molar-refractivity contribution in [3.8, 4) is 0 Å². The quantitative estimate of drug-likeness (QED) is 0.784. The Hall–Kier alpha value is -1.04. The molecule has 0 saturated carbocycles. The van der Waals surface area contributed by atoms with Crippen LogP contribution in [0.5, 0.6) is 0 Å². The molecule has 2 N–H and O–H groups in total. The summed E-state index contributed by atoms with van der Waals surface area (Å²) in [7, 11) is 0. The summed E-state index contributed by atoms with van der Waals surface area (Å²) in [5.74, 6) is 0.116. The van der Waals surface area contributed by atoms with Gasteiger partial charge in [-0.3, -0.25) is 0 Å². The van der Waals surface area contributed by atoms with Gasteiger partial charge in [-0.15, -0.1) is 10.2 Å². The van der Waals surface area contributed by atoms with E-state index in [4.69, 9.17) is 5.73 Å². The molecule has 6 heteroatoms. The first-order valence-corrected chi connectivity index (χ1v) is 4.59. The molecule has 1 atom stereocenters. The largest absolute Gasteiger partial charge is 0.330 e. The van der Waals surface area contributed by atoms with Crippen LogP contribution in [0.1, 0.15) is 39.2 Å². The first-order chi connectivity index (χ1) is 6.45. The number of nitrogens with two attached hydrogens (primary N) is 1. The Balaban J connectivity index is 2.78. The third kappa shape index (κ3) is 2.47.